The van der Waals surface area contributed by atoms with Gasteiger partial charge < -0.3 is 0 Å². The summed E-state index contributed by atoms with van der Waals surface area (Å²) in [6.45, 7) is 1.97. The van der Waals surface area contributed by atoms with Crippen LogP contribution < -0.4 is 0 Å². The zero-order valence-corrected chi connectivity index (χ0v) is 12.4. The van der Waals surface area contributed by atoms with Gasteiger partial charge in [-0.15, -0.1) is 10.2 Å². The number of hydrogen-bond donors (Lipinski definition) is 0. The molecule has 4 rings (SSSR count). The Kier molecular flexibility index (Phi) is 2.61. The van der Waals surface area contributed by atoms with E-state index in [1.165, 1.54) is 11.3 Å². The van der Waals surface area contributed by atoms with Crippen LogP contribution in [0.4, 0.5) is 0 Å². The van der Waals surface area contributed by atoms with E-state index in [9.17, 15) is 0 Å². The Hall–Kier alpha value is -2.54. The Morgan fingerprint density at radius 2 is 1.86 bits per heavy atom. The predicted molar refractivity (Wildman–Crippen MR) is 81.0 cm³/mol. The summed E-state index contributed by atoms with van der Waals surface area (Å²) in [5, 5.41) is 18.3. The molecule has 0 spiro atoms. The van der Waals surface area contributed by atoms with Gasteiger partial charge in [0.1, 0.15) is 0 Å². The van der Waals surface area contributed by atoms with E-state index in [4.69, 9.17) is 0 Å². The summed E-state index contributed by atoms with van der Waals surface area (Å²) in [7, 11) is 1.92. The van der Waals surface area contributed by atoms with Gasteiger partial charge in [0.05, 0.1) is 11.4 Å². The van der Waals surface area contributed by atoms with E-state index in [0.29, 0.717) is 0 Å². The molecule has 21 heavy (non-hydrogen) atoms. The normalized spacial score (nSPS) is 11.3. The summed E-state index contributed by atoms with van der Waals surface area (Å²) in [5.41, 5.74) is 2.96. The highest BCUT2D eigenvalue weighted by atomic mass is 32.1. The van der Waals surface area contributed by atoms with Crippen molar-refractivity contribution in [3.05, 3.63) is 42.1 Å². The summed E-state index contributed by atoms with van der Waals surface area (Å²) in [5.74, 6) is 0.756. The SMILES string of the molecule is Cc1cc(-c2nn3c(-c4ccccc4)nnc3s2)n(C)n1. The lowest BCUT2D eigenvalue weighted by Crippen LogP contribution is -1.95. The molecule has 4 aromatic rings. The first-order chi connectivity index (χ1) is 10.2. The highest BCUT2D eigenvalue weighted by Gasteiger charge is 2.16. The number of benzene rings is 1. The minimum absolute atomic E-state index is 0.756. The van der Waals surface area contributed by atoms with Gasteiger partial charge in [-0.05, 0) is 13.0 Å². The van der Waals surface area contributed by atoms with Gasteiger partial charge in [0.25, 0.3) is 0 Å². The maximum absolute atomic E-state index is 4.64. The molecule has 3 heterocycles. The van der Waals surface area contributed by atoms with Gasteiger partial charge in [0.2, 0.25) is 4.96 Å². The van der Waals surface area contributed by atoms with Crippen LogP contribution in [0.25, 0.3) is 27.1 Å². The largest absolute Gasteiger partial charge is 0.265 e. The molecule has 1 aromatic carbocycles. The molecule has 0 atom stereocenters. The Balaban J connectivity index is 1.88. The van der Waals surface area contributed by atoms with Gasteiger partial charge in [-0.3, -0.25) is 4.68 Å². The van der Waals surface area contributed by atoms with Crippen LogP contribution in [0.3, 0.4) is 0 Å². The second kappa shape index (κ2) is 4.49. The highest BCUT2D eigenvalue weighted by molar-refractivity contribution is 7.19. The first-order valence-electron chi connectivity index (χ1n) is 6.51. The average molecular weight is 296 g/mol. The monoisotopic (exact) mass is 296 g/mol. The number of hydrogen-bond acceptors (Lipinski definition) is 5. The fourth-order valence-electron chi connectivity index (χ4n) is 2.30. The summed E-state index contributed by atoms with van der Waals surface area (Å²) in [6, 6.07) is 12.0. The molecule has 0 radical (unpaired) electrons. The van der Waals surface area contributed by atoms with Crippen molar-refractivity contribution in [2.24, 2.45) is 7.05 Å². The molecular formula is C14H12N6S. The quantitative estimate of drug-likeness (QED) is 0.570. The average Bonchev–Trinajstić information content (AvgIpc) is 3.13. The summed E-state index contributed by atoms with van der Waals surface area (Å²) >= 11 is 1.51. The third kappa shape index (κ3) is 1.93. The lowest BCUT2D eigenvalue weighted by atomic mass is 10.2. The third-order valence-corrected chi connectivity index (χ3v) is 4.17. The smallest absolute Gasteiger partial charge is 0.235 e. The van der Waals surface area contributed by atoms with E-state index in [0.717, 1.165) is 32.7 Å². The molecule has 0 amide bonds. The molecule has 0 N–H and O–H groups in total. The third-order valence-electron chi connectivity index (χ3n) is 3.24. The zero-order valence-electron chi connectivity index (χ0n) is 11.6. The molecule has 6 nitrogen and oxygen atoms in total. The van der Waals surface area contributed by atoms with E-state index < -0.39 is 0 Å². The fourth-order valence-corrected chi connectivity index (χ4v) is 3.18. The Bertz CT molecular complexity index is 918. The van der Waals surface area contributed by atoms with Crippen LogP contribution in [0.2, 0.25) is 0 Å². The standard InChI is InChI=1S/C14H12N6S/c1-9-8-11(19(2)17-9)13-18-20-12(15-16-14(20)21-13)10-6-4-3-5-7-10/h3-8H,1-2H3. The predicted octanol–water partition coefficient (Wildman–Crippen LogP) is 2.56. The van der Waals surface area contributed by atoms with Gasteiger partial charge in [-0.2, -0.15) is 14.7 Å². The van der Waals surface area contributed by atoms with Crippen LogP contribution in [0.5, 0.6) is 0 Å². The van der Waals surface area contributed by atoms with E-state index in [1.54, 1.807) is 4.52 Å². The van der Waals surface area contributed by atoms with Crippen LogP contribution in [-0.2, 0) is 7.05 Å². The Labute approximate surface area is 124 Å². The van der Waals surface area contributed by atoms with Gasteiger partial charge in [0.15, 0.2) is 10.8 Å². The van der Waals surface area contributed by atoms with Crippen molar-refractivity contribution in [3.63, 3.8) is 0 Å². The van der Waals surface area contributed by atoms with Crippen LogP contribution in [0.15, 0.2) is 36.4 Å². The number of rotatable bonds is 2. The molecule has 0 fully saturated rings. The topological polar surface area (TPSA) is 60.9 Å². The number of nitrogens with zero attached hydrogens (tertiary/aromatic N) is 6. The molecule has 7 heteroatoms. The number of fused-ring (bicyclic) bond motifs is 1. The van der Waals surface area contributed by atoms with Crippen molar-refractivity contribution in [1.29, 1.82) is 0 Å². The van der Waals surface area contributed by atoms with Crippen molar-refractivity contribution in [1.82, 2.24) is 29.6 Å². The molecule has 0 saturated carbocycles. The van der Waals surface area contributed by atoms with Crippen LogP contribution in [0.1, 0.15) is 5.69 Å². The molecule has 3 aromatic heterocycles. The second-order valence-corrected chi connectivity index (χ2v) is 5.74. The molecule has 0 aliphatic carbocycles. The highest BCUT2D eigenvalue weighted by Crippen LogP contribution is 2.27. The lowest BCUT2D eigenvalue weighted by molar-refractivity contribution is 0.761. The summed E-state index contributed by atoms with van der Waals surface area (Å²) in [4.78, 5) is 0.780. The van der Waals surface area contributed by atoms with Crippen LogP contribution in [0, 0.1) is 6.92 Å². The fraction of sp³-hybridized carbons (Fsp3) is 0.143. The van der Waals surface area contributed by atoms with Gasteiger partial charge >= 0.3 is 0 Å². The zero-order chi connectivity index (χ0) is 14.4. The van der Waals surface area contributed by atoms with Crippen molar-refractivity contribution in [2.75, 3.05) is 0 Å². The summed E-state index contributed by atoms with van der Waals surface area (Å²) in [6.07, 6.45) is 0. The maximum atomic E-state index is 4.64. The molecule has 0 aliphatic rings. The van der Waals surface area contributed by atoms with E-state index in [-0.39, 0.29) is 0 Å². The van der Waals surface area contributed by atoms with Crippen molar-refractivity contribution in [3.8, 4) is 22.1 Å². The molecule has 104 valence electrons. The molecular weight excluding hydrogens is 284 g/mol. The maximum Gasteiger partial charge on any atom is 0.235 e. The van der Waals surface area contributed by atoms with E-state index in [2.05, 4.69) is 20.4 Å². The number of aryl methyl sites for hydroxylation is 2. The number of aromatic nitrogens is 6. The van der Waals surface area contributed by atoms with Crippen molar-refractivity contribution in [2.45, 2.75) is 6.92 Å². The Morgan fingerprint density at radius 1 is 1.05 bits per heavy atom. The van der Waals surface area contributed by atoms with E-state index >= 15 is 0 Å². The molecule has 0 bridgehead atoms. The minimum Gasteiger partial charge on any atom is -0.265 e. The van der Waals surface area contributed by atoms with Gasteiger partial charge in [-0.1, -0.05) is 41.7 Å². The summed E-state index contributed by atoms with van der Waals surface area (Å²) < 4.78 is 3.63. The van der Waals surface area contributed by atoms with Gasteiger partial charge in [0, 0.05) is 12.6 Å². The second-order valence-electron chi connectivity index (χ2n) is 4.79. The van der Waals surface area contributed by atoms with Crippen molar-refractivity contribution >= 4 is 16.3 Å². The van der Waals surface area contributed by atoms with E-state index in [1.807, 2.05) is 55.1 Å². The van der Waals surface area contributed by atoms with Crippen molar-refractivity contribution < 1.29 is 0 Å². The lowest BCUT2D eigenvalue weighted by Gasteiger charge is -1.96. The van der Waals surface area contributed by atoms with Gasteiger partial charge in [-0.25, -0.2) is 0 Å². The first kappa shape index (κ1) is 12.2. The van der Waals surface area contributed by atoms with Crippen LogP contribution >= 0.6 is 11.3 Å². The Morgan fingerprint density at radius 3 is 2.57 bits per heavy atom. The van der Waals surface area contributed by atoms with Crippen LogP contribution in [-0.4, -0.2) is 29.6 Å². The molecule has 0 saturated heterocycles. The minimum atomic E-state index is 0.756. The first-order valence-corrected chi connectivity index (χ1v) is 7.33. The molecule has 0 aliphatic heterocycles. The molecule has 0 unspecified atom stereocenters.